The molecule has 0 radical (unpaired) electrons. The summed E-state index contributed by atoms with van der Waals surface area (Å²) in [6, 6.07) is 12.3. The number of fused-ring (bicyclic) bond motifs is 1. The summed E-state index contributed by atoms with van der Waals surface area (Å²) >= 11 is 0. The van der Waals surface area contributed by atoms with Gasteiger partial charge >= 0.3 is 6.36 Å². The van der Waals surface area contributed by atoms with E-state index in [0.29, 0.717) is 31.2 Å². The summed E-state index contributed by atoms with van der Waals surface area (Å²) in [7, 11) is 0. The van der Waals surface area contributed by atoms with E-state index in [1.165, 1.54) is 29.3 Å². The average Bonchev–Trinajstić information content (AvgIpc) is 3.21. The minimum atomic E-state index is -4.81. The summed E-state index contributed by atoms with van der Waals surface area (Å²) in [6.07, 6.45) is -2.00. The number of halogens is 3. The number of alkyl halides is 3. The highest BCUT2D eigenvalue weighted by atomic mass is 19.4. The van der Waals surface area contributed by atoms with Crippen molar-refractivity contribution in [2.45, 2.75) is 64.5 Å². The Morgan fingerprint density at radius 1 is 1.03 bits per heavy atom. The zero-order chi connectivity index (χ0) is 24.5. The number of piperazine rings is 1. The van der Waals surface area contributed by atoms with Crippen LogP contribution >= 0.6 is 0 Å². The third-order valence-electron chi connectivity index (χ3n) is 6.99. The molecule has 0 spiro atoms. The predicted octanol–water partition coefficient (Wildman–Crippen LogP) is 4.63. The van der Waals surface area contributed by atoms with Crippen molar-refractivity contribution in [1.82, 2.24) is 10.2 Å². The third kappa shape index (κ3) is 5.05. The summed E-state index contributed by atoms with van der Waals surface area (Å²) in [6.45, 7) is 3.99. The molecule has 2 aliphatic rings. The number of hydrogen-bond acceptors (Lipinski definition) is 3. The van der Waals surface area contributed by atoms with Gasteiger partial charge in [-0.3, -0.25) is 9.59 Å². The second kappa shape index (κ2) is 9.68. The molecule has 0 aromatic heterocycles. The van der Waals surface area contributed by atoms with Crippen molar-refractivity contribution < 1.29 is 27.5 Å². The summed E-state index contributed by atoms with van der Waals surface area (Å²) in [5.41, 5.74) is 2.84. The second-order valence-corrected chi connectivity index (χ2v) is 9.11. The summed E-state index contributed by atoms with van der Waals surface area (Å²) in [4.78, 5) is 28.7. The smallest absolute Gasteiger partial charge is 0.406 e. The van der Waals surface area contributed by atoms with Crippen molar-refractivity contribution in [1.29, 1.82) is 0 Å². The maximum atomic E-state index is 13.8. The van der Waals surface area contributed by atoms with Gasteiger partial charge in [0.25, 0.3) is 0 Å². The summed E-state index contributed by atoms with van der Waals surface area (Å²) < 4.78 is 42.2. The molecule has 1 N–H and O–H groups in total. The van der Waals surface area contributed by atoms with Crippen molar-refractivity contribution in [3.63, 3.8) is 0 Å². The first kappa shape index (κ1) is 24.1. The fourth-order valence-electron chi connectivity index (χ4n) is 5.32. The van der Waals surface area contributed by atoms with Gasteiger partial charge < -0.3 is 15.0 Å². The van der Waals surface area contributed by atoms with Crippen LogP contribution in [0.5, 0.6) is 5.75 Å². The van der Waals surface area contributed by atoms with Crippen LogP contribution in [0, 0.1) is 11.8 Å². The monoisotopic (exact) mass is 474 g/mol. The van der Waals surface area contributed by atoms with Crippen LogP contribution in [-0.2, 0) is 29.0 Å². The van der Waals surface area contributed by atoms with E-state index in [9.17, 15) is 22.8 Å². The van der Waals surface area contributed by atoms with Crippen LogP contribution < -0.4 is 10.1 Å². The Morgan fingerprint density at radius 2 is 1.68 bits per heavy atom. The van der Waals surface area contributed by atoms with E-state index < -0.39 is 18.4 Å². The van der Waals surface area contributed by atoms with Crippen molar-refractivity contribution in [3.05, 3.63) is 65.2 Å². The number of nitrogens with one attached hydrogen (secondary N) is 1. The van der Waals surface area contributed by atoms with E-state index in [0.717, 1.165) is 0 Å². The van der Waals surface area contributed by atoms with Crippen LogP contribution in [0.2, 0.25) is 0 Å². The fourth-order valence-corrected chi connectivity index (χ4v) is 5.32. The van der Waals surface area contributed by atoms with Gasteiger partial charge in [0.05, 0.1) is 0 Å². The summed E-state index contributed by atoms with van der Waals surface area (Å²) in [5.74, 6) is -0.839. The standard InChI is InChI=1S/C26H29F3N2O3/c1-3-17(4-2)23-24(32)30-22(20-13-18-9-5-6-10-19(18)14-20)25(33)31(23)15-16-8-7-11-21(12-16)34-26(27,28)29/h5-12,17,20,22-23H,3-4,13-15H2,1-2H3,(H,30,32)/t22-,23-/m1/s1. The molecular weight excluding hydrogens is 445 g/mol. The van der Waals surface area contributed by atoms with Crippen LogP contribution in [0.1, 0.15) is 43.4 Å². The Kier molecular flexibility index (Phi) is 6.86. The van der Waals surface area contributed by atoms with Crippen LogP contribution in [0.15, 0.2) is 48.5 Å². The first-order valence-electron chi connectivity index (χ1n) is 11.7. The maximum absolute atomic E-state index is 13.8. The molecule has 1 heterocycles. The molecule has 2 aromatic carbocycles. The van der Waals surface area contributed by atoms with Crippen LogP contribution in [-0.4, -0.2) is 35.2 Å². The largest absolute Gasteiger partial charge is 0.573 e. The molecule has 4 rings (SSSR count). The normalized spacial score (nSPS) is 21.1. The Balaban J connectivity index is 1.62. The minimum Gasteiger partial charge on any atom is -0.406 e. The zero-order valence-corrected chi connectivity index (χ0v) is 19.3. The minimum absolute atomic E-state index is 0.0403. The number of benzene rings is 2. The zero-order valence-electron chi connectivity index (χ0n) is 19.3. The van der Waals surface area contributed by atoms with Gasteiger partial charge in [-0.1, -0.05) is 63.1 Å². The third-order valence-corrected chi connectivity index (χ3v) is 6.99. The number of carbonyl (C=O) groups is 2. The predicted molar refractivity (Wildman–Crippen MR) is 121 cm³/mol. The molecule has 182 valence electrons. The maximum Gasteiger partial charge on any atom is 0.573 e. The summed E-state index contributed by atoms with van der Waals surface area (Å²) in [5, 5.41) is 3.00. The molecule has 2 aromatic rings. The van der Waals surface area contributed by atoms with Gasteiger partial charge in [-0.05, 0) is 53.5 Å². The quantitative estimate of drug-likeness (QED) is 0.637. The molecule has 1 fully saturated rings. The number of nitrogens with zero attached hydrogens (tertiary/aromatic N) is 1. The molecule has 2 amide bonds. The number of ether oxygens (including phenoxy) is 1. The lowest BCUT2D eigenvalue weighted by Crippen LogP contribution is -2.66. The van der Waals surface area contributed by atoms with Gasteiger partial charge in [0.1, 0.15) is 17.8 Å². The number of carbonyl (C=O) groups excluding carboxylic acids is 2. The highest BCUT2D eigenvalue weighted by molar-refractivity contribution is 5.97. The molecule has 8 heteroatoms. The average molecular weight is 475 g/mol. The van der Waals surface area contributed by atoms with Gasteiger partial charge in [0.15, 0.2) is 0 Å². The molecule has 5 nitrogen and oxygen atoms in total. The first-order valence-corrected chi connectivity index (χ1v) is 11.7. The van der Waals surface area contributed by atoms with Crippen LogP contribution in [0.25, 0.3) is 0 Å². The van der Waals surface area contributed by atoms with E-state index in [-0.39, 0.29) is 35.9 Å². The molecule has 1 aliphatic heterocycles. The van der Waals surface area contributed by atoms with E-state index in [1.807, 2.05) is 38.1 Å². The Bertz CT molecular complexity index is 1030. The lowest BCUT2D eigenvalue weighted by molar-refractivity contribution is -0.274. The molecule has 0 unspecified atom stereocenters. The Hall–Kier alpha value is -3.03. The van der Waals surface area contributed by atoms with Gasteiger partial charge in [-0.25, -0.2) is 0 Å². The first-order chi connectivity index (χ1) is 16.2. The van der Waals surface area contributed by atoms with Crippen molar-refractivity contribution in [2.75, 3.05) is 0 Å². The lowest BCUT2D eigenvalue weighted by Gasteiger charge is -2.43. The van der Waals surface area contributed by atoms with Crippen molar-refractivity contribution >= 4 is 11.8 Å². The van der Waals surface area contributed by atoms with Crippen LogP contribution in [0.4, 0.5) is 13.2 Å². The van der Waals surface area contributed by atoms with Gasteiger partial charge in [0.2, 0.25) is 11.8 Å². The lowest BCUT2D eigenvalue weighted by atomic mass is 9.86. The van der Waals surface area contributed by atoms with Gasteiger partial charge in [-0.2, -0.15) is 0 Å². The highest BCUT2D eigenvalue weighted by Gasteiger charge is 2.47. The molecule has 2 atom stereocenters. The number of amides is 2. The van der Waals surface area contributed by atoms with E-state index in [1.54, 1.807) is 11.0 Å². The van der Waals surface area contributed by atoms with Gasteiger partial charge in [0, 0.05) is 6.54 Å². The Labute approximate surface area is 197 Å². The van der Waals surface area contributed by atoms with E-state index in [2.05, 4.69) is 10.1 Å². The highest BCUT2D eigenvalue weighted by Crippen LogP contribution is 2.33. The Morgan fingerprint density at radius 3 is 2.26 bits per heavy atom. The molecule has 1 saturated heterocycles. The molecule has 34 heavy (non-hydrogen) atoms. The van der Waals surface area contributed by atoms with E-state index >= 15 is 0 Å². The second-order valence-electron chi connectivity index (χ2n) is 9.11. The number of hydrogen-bond donors (Lipinski definition) is 1. The molecule has 0 saturated carbocycles. The topological polar surface area (TPSA) is 58.6 Å². The molecule has 1 aliphatic carbocycles. The van der Waals surface area contributed by atoms with Crippen molar-refractivity contribution in [2.24, 2.45) is 11.8 Å². The molecular formula is C26H29F3N2O3. The molecule has 0 bridgehead atoms. The van der Waals surface area contributed by atoms with Gasteiger partial charge in [-0.15, -0.1) is 13.2 Å². The SMILES string of the molecule is CCC(CC)[C@@H]1C(=O)N[C@H](C2Cc3ccccc3C2)C(=O)N1Cc1cccc(OC(F)(F)F)c1. The van der Waals surface area contributed by atoms with Crippen molar-refractivity contribution in [3.8, 4) is 5.75 Å². The fraction of sp³-hybridized carbons (Fsp3) is 0.462. The van der Waals surface area contributed by atoms with Crippen LogP contribution in [0.3, 0.4) is 0 Å². The number of rotatable bonds is 7. The van der Waals surface area contributed by atoms with E-state index in [4.69, 9.17) is 0 Å².